The number of aromatic nitrogens is 4. The lowest BCUT2D eigenvalue weighted by Gasteiger charge is -2.10. The Morgan fingerprint density at radius 1 is 1.15 bits per heavy atom. The molecule has 2 aromatic heterocycles. The molecule has 0 fully saturated rings. The van der Waals surface area contributed by atoms with Crippen LogP contribution in [0.5, 0.6) is 0 Å². The molecule has 0 saturated heterocycles. The number of anilines is 1. The highest BCUT2D eigenvalue weighted by Gasteiger charge is 2.11. The lowest BCUT2D eigenvalue weighted by molar-refractivity contribution is 0.542. The van der Waals surface area contributed by atoms with Crippen molar-refractivity contribution in [3.63, 3.8) is 0 Å². The van der Waals surface area contributed by atoms with Crippen LogP contribution in [-0.4, -0.2) is 20.0 Å². The van der Waals surface area contributed by atoms with Crippen LogP contribution in [-0.2, 0) is 0 Å². The molecule has 3 rings (SSSR count). The minimum absolute atomic E-state index is 0.111. The van der Waals surface area contributed by atoms with Gasteiger partial charge in [0.05, 0.1) is 12.2 Å². The zero-order valence-electron chi connectivity index (χ0n) is 11.1. The van der Waals surface area contributed by atoms with Gasteiger partial charge in [-0.25, -0.2) is 4.68 Å². The van der Waals surface area contributed by atoms with Crippen LogP contribution in [0.1, 0.15) is 18.5 Å². The molecule has 5 heteroatoms. The minimum atomic E-state index is 0.111. The molecule has 2 N–H and O–H groups in total. The van der Waals surface area contributed by atoms with E-state index < -0.39 is 0 Å². The molecule has 5 nitrogen and oxygen atoms in total. The average Bonchev–Trinajstić information content (AvgIpc) is 2.97. The fraction of sp³-hybridized carbons (Fsp3) is 0.133. The van der Waals surface area contributed by atoms with Crippen LogP contribution < -0.4 is 5.73 Å². The van der Waals surface area contributed by atoms with Crippen LogP contribution in [0.3, 0.4) is 0 Å². The maximum Gasteiger partial charge on any atom is 0.113 e. The fourth-order valence-corrected chi connectivity index (χ4v) is 2.09. The van der Waals surface area contributed by atoms with Crippen LogP contribution in [0.2, 0.25) is 0 Å². The summed E-state index contributed by atoms with van der Waals surface area (Å²) in [5, 5.41) is 8.42. The highest BCUT2D eigenvalue weighted by molar-refractivity contribution is 5.62. The maximum absolute atomic E-state index is 5.79. The van der Waals surface area contributed by atoms with E-state index in [1.807, 2.05) is 47.3 Å². The molecule has 0 amide bonds. The smallest absolute Gasteiger partial charge is 0.113 e. The molecule has 0 saturated carbocycles. The zero-order valence-corrected chi connectivity index (χ0v) is 11.1. The van der Waals surface area contributed by atoms with Gasteiger partial charge >= 0.3 is 0 Å². The van der Waals surface area contributed by atoms with Crippen molar-refractivity contribution in [1.29, 1.82) is 0 Å². The largest absolute Gasteiger partial charge is 0.399 e. The monoisotopic (exact) mass is 265 g/mol. The summed E-state index contributed by atoms with van der Waals surface area (Å²) in [6.45, 7) is 2.08. The van der Waals surface area contributed by atoms with Crippen molar-refractivity contribution < 1.29 is 0 Å². The molecule has 0 unspecified atom stereocenters. The van der Waals surface area contributed by atoms with E-state index in [4.69, 9.17) is 5.73 Å². The lowest BCUT2D eigenvalue weighted by atomic mass is 10.1. The molecular formula is C15H15N5. The maximum atomic E-state index is 5.79. The first-order valence-corrected chi connectivity index (χ1v) is 6.42. The van der Waals surface area contributed by atoms with Crippen molar-refractivity contribution in [2.24, 2.45) is 0 Å². The van der Waals surface area contributed by atoms with Crippen molar-refractivity contribution in [1.82, 2.24) is 20.0 Å². The molecule has 3 aromatic rings. The predicted octanol–water partition coefficient (Wildman–Crippen LogP) is 2.53. The van der Waals surface area contributed by atoms with Gasteiger partial charge in [0.15, 0.2) is 0 Å². The van der Waals surface area contributed by atoms with Crippen LogP contribution in [0.25, 0.3) is 11.3 Å². The summed E-state index contributed by atoms with van der Waals surface area (Å²) in [4.78, 5) is 4.02. The molecule has 20 heavy (non-hydrogen) atoms. The number of hydrogen-bond acceptors (Lipinski definition) is 4. The third-order valence-electron chi connectivity index (χ3n) is 3.28. The average molecular weight is 265 g/mol. The molecule has 0 aliphatic rings. The van der Waals surface area contributed by atoms with E-state index >= 15 is 0 Å². The van der Waals surface area contributed by atoms with E-state index in [9.17, 15) is 0 Å². The highest BCUT2D eigenvalue weighted by Crippen LogP contribution is 2.21. The van der Waals surface area contributed by atoms with Gasteiger partial charge in [0.25, 0.3) is 0 Å². The number of rotatable bonds is 3. The van der Waals surface area contributed by atoms with Crippen molar-refractivity contribution in [2.45, 2.75) is 13.0 Å². The van der Waals surface area contributed by atoms with Gasteiger partial charge < -0.3 is 5.73 Å². The van der Waals surface area contributed by atoms with Crippen molar-refractivity contribution in [3.8, 4) is 11.3 Å². The summed E-state index contributed by atoms with van der Waals surface area (Å²) in [5.74, 6) is 0. The standard InChI is InChI=1S/C15H15N5/c1-11(12-5-7-17-8-6-12)20-10-15(18-19-20)13-3-2-4-14(16)9-13/h2-11H,16H2,1H3/t11-/m1/s1. The second-order valence-corrected chi connectivity index (χ2v) is 4.67. The highest BCUT2D eigenvalue weighted by atomic mass is 15.4. The van der Waals surface area contributed by atoms with Crippen LogP contribution >= 0.6 is 0 Å². The van der Waals surface area contributed by atoms with Crippen LogP contribution in [0.4, 0.5) is 5.69 Å². The van der Waals surface area contributed by atoms with Gasteiger partial charge in [0.1, 0.15) is 5.69 Å². The van der Waals surface area contributed by atoms with Gasteiger partial charge in [-0.05, 0) is 36.8 Å². The quantitative estimate of drug-likeness (QED) is 0.739. The van der Waals surface area contributed by atoms with E-state index in [1.165, 1.54) is 0 Å². The number of pyridine rings is 1. The Morgan fingerprint density at radius 2 is 1.95 bits per heavy atom. The van der Waals surface area contributed by atoms with Gasteiger partial charge in [0, 0.05) is 23.6 Å². The SMILES string of the molecule is C[C@H](c1ccncc1)n1cc(-c2cccc(N)c2)nn1. The number of nitrogens with two attached hydrogens (primary N) is 1. The summed E-state index contributed by atoms with van der Waals surface area (Å²) < 4.78 is 1.84. The Kier molecular flexibility index (Phi) is 3.16. The van der Waals surface area contributed by atoms with Gasteiger partial charge in [-0.2, -0.15) is 0 Å². The summed E-state index contributed by atoms with van der Waals surface area (Å²) in [7, 11) is 0. The van der Waals surface area contributed by atoms with Crippen LogP contribution in [0.15, 0.2) is 55.0 Å². The first-order chi connectivity index (χ1) is 9.74. The fourth-order valence-electron chi connectivity index (χ4n) is 2.09. The minimum Gasteiger partial charge on any atom is -0.399 e. The molecule has 1 aromatic carbocycles. The normalized spacial score (nSPS) is 12.2. The van der Waals surface area contributed by atoms with Crippen LogP contribution in [0, 0.1) is 0 Å². The molecule has 0 aliphatic heterocycles. The van der Waals surface area contributed by atoms with Crippen molar-refractivity contribution in [3.05, 3.63) is 60.6 Å². The number of nitrogens with zero attached hydrogens (tertiary/aromatic N) is 4. The molecule has 0 bridgehead atoms. The zero-order chi connectivity index (χ0) is 13.9. The summed E-state index contributed by atoms with van der Waals surface area (Å²) in [5.41, 5.74) is 9.44. The Hall–Kier alpha value is -2.69. The summed E-state index contributed by atoms with van der Waals surface area (Å²) in [6.07, 6.45) is 5.49. The Balaban J connectivity index is 1.91. The molecular weight excluding hydrogens is 250 g/mol. The third kappa shape index (κ3) is 2.38. The van der Waals surface area contributed by atoms with Gasteiger partial charge in [-0.1, -0.05) is 17.3 Å². The van der Waals surface area contributed by atoms with Gasteiger partial charge in [-0.15, -0.1) is 5.10 Å². The molecule has 0 spiro atoms. The molecule has 1 atom stereocenters. The second kappa shape index (κ2) is 5.13. The third-order valence-corrected chi connectivity index (χ3v) is 3.28. The topological polar surface area (TPSA) is 69.6 Å². The van der Waals surface area contributed by atoms with E-state index in [0.29, 0.717) is 0 Å². The summed E-state index contributed by atoms with van der Waals surface area (Å²) in [6, 6.07) is 11.7. The lowest BCUT2D eigenvalue weighted by Crippen LogP contribution is -2.07. The molecule has 100 valence electrons. The second-order valence-electron chi connectivity index (χ2n) is 4.67. The first kappa shape index (κ1) is 12.3. The molecule has 0 radical (unpaired) electrons. The number of nitrogen functional groups attached to an aromatic ring is 1. The first-order valence-electron chi connectivity index (χ1n) is 6.42. The van der Waals surface area contributed by atoms with E-state index in [1.54, 1.807) is 12.4 Å². The predicted molar refractivity (Wildman–Crippen MR) is 77.9 cm³/mol. The molecule has 0 aliphatic carbocycles. The van der Waals surface area contributed by atoms with Gasteiger partial charge in [0.2, 0.25) is 0 Å². The Morgan fingerprint density at radius 3 is 2.70 bits per heavy atom. The van der Waals surface area contributed by atoms with E-state index in [-0.39, 0.29) is 6.04 Å². The van der Waals surface area contributed by atoms with E-state index in [0.717, 1.165) is 22.5 Å². The van der Waals surface area contributed by atoms with Gasteiger partial charge in [-0.3, -0.25) is 4.98 Å². The Labute approximate surface area is 117 Å². The molecule has 2 heterocycles. The number of hydrogen-bond donors (Lipinski definition) is 1. The van der Waals surface area contributed by atoms with Crippen molar-refractivity contribution in [2.75, 3.05) is 5.73 Å². The van der Waals surface area contributed by atoms with E-state index in [2.05, 4.69) is 22.2 Å². The van der Waals surface area contributed by atoms with Crippen molar-refractivity contribution >= 4 is 5.69 Å². The Bertz CT molecular complexity index is 705. The number of benzene rings is 1. The summed E-state index contributed by atoms with van der Waals surface area (Å²) >= 11 is 0.